The van der Waals surface area contributed by atoms with Crippen LogP contribution in [0.15, 0.2) is 24.3 Å². The van der Waals surface area contributed by atoms with E-state index in [0.717, 1.165) is 12.8 Å². The molecule has 0 heterocycles. The fourth-order valence-corrected chi connectivity index (χ4v) is 1.95. The lowest BCUT2D eigenvalue weighted by atomic mass is 10.2. The first kappa shape index (κ1) is 11.4. The van der Waals surface area contributed by atoms with Gasteiger partial charge in [0, 0.05) is 29.7 Å². The van der Waals surface area contributed by atoms with Crippen molar-refractivity contribution in [1.29, 1.82) is 0 Å². The summed E-state index contributed by atoms with van der Waals surface area (Å²) in [6, 6.07) is 7.44. The number of hydrogen-bond acceptors (Lipinski definition) is 2. The third-order valence-electron chi connectivity index (χ3n) is 2.69. The van der Waals surface area contributed by atoms with Crippen molar-refractivity contribution in [2.75, 3.05) is 13.1 Å². The van der Waals surface area contributed by atoms with Crippen molar-refractivity contribution < 1.29 is 4.79 Å². The van der Waals surface area contributed by atoms with Crippen molar-refractivity contribution in [3.05, 3.63) is 34.9 Å². The zero-order valence-electron chi connectivity index (χ0n) is 9.03. The molecular weight excluding hydrogens is 224 g/mol. The molecule has 1 aliphatic rings. The number of halogens is 1. The molecule has 0 radical (unpaired) electrons. The van der Waals surface area contributed by atoms with Crippen LogP contribution in [0.4, 0.5) is 0 Å². The van der Waals surface area contributed by atoms with E-state index in [0.29, 0.717) is 29.7 Å². The molecule has 1 aromatic carbocycles. The Hall–Kier alpha value is -1.06. The number of amides is 1. The highest BCUT2D eigenvalue weighted by molar-refractivity contribution is 6.30. The largest absolute Gasteiger partial charge is 0.334 e. The molecule has 1 aromatic rings. The van der Waals surface area contributed by atoms with E-state index in [-0.39, 0.29) is 5.91 Å². The monoisotopic (exact) mass is 238 g/mol. The fourth-order valence-electron chi connectivity index (χ4n) is 1.76. The van der Waals surface area contributed by atoms with Gasteiger partial charge in [-0.1, -0.05) is 17.7 Å². The molecule has 0 aromatic heterocycles. The minimum absolute atomic E-state index is 0.0375. The molecule has 3 nitrogen and oxygen atoms in total. The number of carbonyl (C=O) groups is 1. The summed E-state index contributed by atoms with van der Waals surface area (Å²) >= 11 is 5.87. The zero-order valence-corrected chi connectivity index (χ0v) is 9.78. The Kier molecular flexibility index (Phi) is 3.46. The second-order valence-electron chi connectivity index (χ2n) is 4.03. The maximum Gasteiger partial charge on any atom is 0.254 e. The van der Waals surface area contributed by atoms with Crippen molar-refractivity contribution in [2.45, 2.75) is 18.9 Å². The third-order valence-corrected chi connectivity index (χ3v) is 2.93. The molecule has 1 saturated carbocycles. The standard InChI is InChI=1S/C12H15ClN2O/c13-10-3-1-2-9(8-10)12(16)15(7-6-14)11-4-5-11/h1-3,8,11H,4-7,14H2. The summed E-state index contributed by atoms with van der Waals surface area (Å²) < 4.78 is 0. The molecule has 0 unspecified atom stereocenters. The molecule has 0 saturated heterocycles. The van der Waals surface area contributed by atoms with Gasteiger partial charge >= 0.3 is 0 Å². The van der Waals surface area contributed by atoms with Crippen molar-refractivity contribution >= 4 is 17.5 Å². The van der Waals surface area contributed by atoms with E-state index in [9.17, 15) is 4.79 Å². The molecule has 0 atom stereocenters. The van der Waals surface area contributed by atoms with Gasteiger partial charge in [-0.2, -0.15) is 0 Å². The SMILES string of the molecule is NCCN(C(=O)c1cccc(Cl)c1)C1CC1. The Morgan fingerprint density at radius 3 is 2.81 bits per heavy atom. The first-order valence-corrected chi connectivity index (χ1v) is 5.87. The minimum Gasteiger partial charge on any atom is -0.334 e. The summed E-state index contributed by atoms with van der Waals surface area (Å²) in [6.07, 6.45) is 2.18. The second-order valence-corrected chi connectivity index (χ2v) is 4.47. The van der Waals surface area contributed by atoms with Crippen LogP contribution in [0.3, 0.4) is 0 Å². The van der Waals surface area contributed by atoms with Crippen LogP contribution in [0, 0.1) is 0 Å². The minimum atomic E-state index is 0.0375. The lowest BCUT2D eigenvalue weighted by Gasteiger charge is -2.21. The number of benzene rings is 1. The summed E-state index contributed by atoms with van der Waals surface area (Å²) in [5, 5.41) is 0.592. The molecule has 1 amide bonds. The summed E-state index contributed by atoms with van der Waals surface area (Å²) in [5.74, 6) is 0.0375. The zero-order chi connectivity index (χ0) is 11.5. The van der Waals surface area contributed by atoms with Crippen LogP contribution in [0.25, 0.3) is 0 Å². The average molecular weight is 239 g/mol. The van der Waals surface area contributed by atoms with Gasteiger partial charge in [-0.25, -0.2) is 0 Å². The van der Waals surface area contributed by atoms with Gasteiger partial charge in [0.1, 0.15) is 0 Å². The van der Waals surface area contributed by atoms with Crippen molar-refractivity contribution in [3.63, 3.8) is 0 Å². The van der Waals surface area contributed by atoms with Crippen LogP contribution in [-0.4, -0.2) is 29.9 Å². The van der Waals surface area contributed by atoms with E-state index in [2.05, 4.69) is 0 Å². The molecule has 0 spiro atoms. The van der Waals surface area contributed by atoms with Crippen molar-refractivity contribution in [3.8, 4) is 0 Å². The first-order valence-electron chi connectivity index (χ1n) is 5.49. The number of carbonyl (C=O) groups excluding carboxylic acids is 1. The van der Waals surface area contributed by atoms with Gasteiger partial charge in [-0.05, 0) is 31.0 Å². The molecule has 86 valence electrons. The molecule has 16 heavy (non-hydrogen) atoms. The lowest BCUT2D eigenvalue weighted by molar-refractivity contribution is 0.0748. The average Bonchev–Trinajstić information content (AvgIpc) is 3.09. The quantitative estimate of drug-likeness (QED) is 0.871. The Morgan fingerprint density at radius 1 is 1.50 bits per heavy atom. The summed E-state index contributed by atoms with van der Waals surface area (Å²) in [7, 11) is 0. The highest BCUT2D eigenvalue weighted by Crippen LogP contribution is 2.28. The van der Waals surface area contributed by atoms with Crippen LogP contribution in [0.2, 0.25) is 5.02 Å². The van der Waals surface area contributed by atoms with Crippen LogP contribution < -0.4 is 5.73 Å². The van der Waals surface area contributed by atoms with E-state index in [1.807, 2.05) is 4.90 Å². The molecular formula is C12H15ClN2O. The van der Waals surface area contributed by atoms with Gasteiger partial charge in [0.2, 0.25) is 0 Å². The highest BCUT2D eigenvalue weighted by atomic mass is 35.5. The number of hydrogen-bond donors (Lipinski definition) is 1. The Morgan fingerprint density at radius 2 is 2.25 bits per heavy atom. The maximum atomic E-state index is 12.2. The molecule has 4 heteroatoms. The summed E-state index contributed by atoms with van der Waals surface area (Å²) in [6.45, 7) is 1.12. The van der Waals surface area contributed by atoms with Crippen molar-refractivity contribution in [2.24, 2.45) is 5.73 Å². The molecule has 2 rings (SSSR count). The topological polar surface area (TPSA) is 46.3 Å². The van der Waals surface area contributed by atoms with Gasteiger partial charge in [0.15, 0.2) is 0 Å². The maximum absolute atomic E-state index is 12.2. The van der Waals surface area contributed by atoms with Crippen LogP contribution in [0.1, 0.15) is 23.2 Å². The Labute approximate surface area is 100 Å². The molecule has 0 aliphatic heterocycles. The normalized spacial score (nSPS) is 14.9. The van der Waals surface area contributed by atoms with Gasteiger partial charge < -0.3 is 10.6 Å². The van der Waals surface area contributed by atoms with Gasteiger partial charge in [0.25, 0.3) is 5.91 Å². The Bertz CT molecular complexity index is 390. The number of nitrogens with two attached hydrogens (primary N) is 1. The van der Waals surface area contributed by atoms with Gasteiger partial charge in [-0.3, -0.25) is 4.79 Å². The first-order chi connectivity index (χ1) is 7.72. The highest BCUT2D eigenvalue weighted by Gasteiger charge is 2.32. The molecule has 1 aliphatic carbocycles. The number of rotatable bonds is 4. The Balaban J connectivity index is 2.15. The van der Waals surface area contributed by atoms with Gasteiger partial charge in [-0.15, -0.1) is 0 Å². The molecule has 2 N–H and O–H groups in total. The third kappa shape index (κ3) is 2.54. The van der Waals surface area contributed by atoms with E-state index in [1.165, 1.54) is 0 Å². The van der Waals surface area contributed by atoms with E-state index in [4.69, 9.17) is 17.3 Å². The second kappa shape index (κ2) is 4.85. The summed E-state index contributed by atoms with van der Waals surface area (Å²) in [5.41, 5.74) is 6.17. The van der Waals surface area contributed by atoms with E-state index < -0.39 is 0 Å². The molecule has 1 fully saturated rings. The van der Waals surface area contributed by atoms with Crippen molar-refractivity contribution in [1.82, 2.24) is 4.90 Å². The van der Waals surface area contributed by atoms with Gasteiger partial charge in [0.05, 0.1) is 0 Å². The fraction of sp³-hybridized carbons (Fsp3) is 0.417. The summed E-state index contributed by atoms with van der Waals surface area (Å²) in [4.78, 5) is 14.0. The van der Waals surface area contributed by atoms with Crippen LogP contribution in [0.5, 0.6) is 0 Å². The van der Waals surface area contributed by atoms with Crippen LogP contribution >= 0.6 is 11.6 Å². The lowest BCUT2D eigenvalue weighted by Crippen LogP contribution is -2.37. The predicted octanol–water partition coefficient (Wildman–Crippen LogP) is 1.90. The predicted molar refractivity (Wildman–Crippen MR) is 64.6 cm³/mol. The smallest absolute Gasteiger partial charge is 0.254 e. The van der Waals surface area contributed by atoms with Crippen LogP contribution in [-0.2, 0) is 0 Å². The van der Waals surface area contributed by atoms with E-state index in [1.54, 1.807) is 24.3 Å². The van der Waals surface area contributed by atoms with E-state index >= 15 is 0 Å². The number of nitrogens with zero attached hydrogens (tertiary/aromatic N) is 1. The molecule has 0 bridgehead atoms.